The fourth-order valence-electron chi connectivity index (χ4n) is 13.1. The monoisotopic (exact) mass is 857 g/mol. The summed E-state index contributed by atoms with van der Waals surface area (Å²) in [6.45, 7) is 7.13. The first-order valence-electron chi connectivity index (χ1n) is 24.0. The van der Waals surface area contributed by atoms with Crippen LogP contribution in [0.5, 0.6) is 0 Å². The van der Waals surface area contributed by atoms with Gasteiger partial charge >= 0.3 is 0 Å². The van der Waals surface area contributed by atoms with Crippen molar-refractivity contribution in [3.63, 3.8) is 0 Å². The Morgan fingerprint density at radius 1 is 0.343 bits per heavy atom. The summed E-state index contributed by atoms with van der Waals surface area (Å²) in [4.78, 5) is 2.43. The molecule has 0 N–H and O–H groups in total. The van der Waals surface area contributed by atoms with Crippen LogP contribution in [0.3, 0.4) is 0 Å². The van der Waals surface area contributed by atoms with Gasteiger partial charge in [0.1, 0.15) is 0 Å². The molecule has 3 atom stereocenters. The van der Waals surface area contributed by atoms with Crippen LogP contribution in [0.1, 0.15) is 70.8 Å². The summed E-state index contributed by atoms with van der Waals surface area (Å²) < 4.78 is 0. The Balaban J connectivity index is 1.03. The van der Waals surface area contributed by atoms with E-state index < -0.39 is 10.8 Å². The van der Waals surface area contributed by atoms with Crippen LogP contribution in [0.4, 0.5) is 17.1 Å². The lowest BCUT2D eigenvalue weighted by molar-refractivity contribution is 0.374. The van der Waals surface area contributed by atoms with Gasteiger partial charge < -0.3 is 4.90 Å². The second kappa shape index (κ2) is 14.9. The van der Waals surface area contributed by atoms with E-state index in [1.807, 2.05) is 0 Å². The minimum Gasteiger partial charge on any atom is -0.310 e. The summed E-state index contributed by atoms with van der Waals surface area (Å²) in [5.74, 6) is 0.529. The van der Waals surface area contributed by atoms with Crippen molar-refractivity contribution in [2.24, 2.45) is 11.8 Å². The first-order valence-corrected chi connectivity index (χ1v) is 24.0. The average molecular weight is 858 g/mol. The summed E-state index contributed by atoms with van der Waals surface area (Å²) in [7, 11) is 0. The first kappa shape index (κ1) is 39.6. The molecule has 9 aromatic carbocycles. The third-order valence-corrected chi connectivity index (χ3v) is 16.0. The Bertz CT molecular complexity index is 3420. The minimum absolute atomic E-state index is 0.110. The maximum atomic E-state index is 2.62. The molecular weight excluding hydrogens is 807 g/mol. The van der Waals surface area contributed by atoms with Crippen LogP contribution in [0.2, 0.25) is 0 Å². The van der Waals surface area contributed by atoms with Gasteiger partial charge in [-0.25, -0.2) is 0 Å². The third kappa shape index (κ3) is 5.49. The summed E-state index contributed by atoms with van der Waals surface area (Å²) >= 11 is 0. The Hall–Kier alpha value is -7.74. The highest BCUT2D eigenvalue weighted by Crippen LogP contribution is 2.62. The minimum atomic E-state index is -0.590. The lowest BCUT2D eigenvalue weighted by Crippen LogP contribution is -2.39. The number of fused-ring (bicyclic) bond motifs is 9. The van der Waals surface area contributed by atoms with Crippen molar-refractivity contribution in [1.29, 1.82) is 0 Å². The Morgan fingerprint density at radius 2 is 0.806 bits per heavy atom. The average Bonchev–Trinajstić information content (AvgIpc) is 3.94. The maximum absolute atomic E-state index is 2.62. The highest BCUT2D eigenvalue weighted by Gasteiger charge is 2.53. The second-order valence-electron chi connectivity index (χ2n) is 19.6. The van der Waals surface area contributed by atoms with Crippen molar-refractivity contribution in [3.05, 3.63) is 293 Å². The lowest BCUT2D eigenvalue weighted by Gasteiger charge is -2.43. The molecule has 1 nitrogen and oxygen atoms in total. The summed E-state index contributed by atoms with van der Waals surface area (Å²) in [5, 5.41) is 0. The molecule has 0 fully saturated rings. The fourth-order valence-corrected chi connectivity index (χ4v) is 13.1. The molecular formula is C66H51N. The zero-order valence-corrected chi connectivity index (χ0v) is 38.2. The van der Waals surface area contributed by atoms with E-state index in [1.165, 1.54) is 83.5 Å². The molecule has 0 saturated carbocycles. The molecule has 13 rings (SSSR count). The first-order chi connectivity index (χ1) is 32.9. The van der Waals surface area contributed by atoms with E-state index in [-0.39, 0.29) is 11.3 Å². The number of hydrogen-bond acceptors (Lipinski definition) is 1. The number of anilines is 3. The van der Waals surface area contributed by atoms with Gasteiger partial charge in [-0.05, 0) is 126 Å². The van der Waals surface area contributed by atoms with Crippen molar-refractivity contribution >= 4 is 17.1 Å². The van der Waals surface area contributed by atoms with E-state index in [0.717, 1.165) is 17.1 Å². The SMILES string of the molecule is CC1C=CC=CC1C1(c2ccccc2)c2ccccc2-c2ccc(C3(c4ccc(N(c5ccccc5)c5ccc6c(c5)C(C)(C)c5ccccc5-6)cc4)c4ccccc4-c4ccccc43)cc21. The molecule has 0 heterocycles. The van der Waals surface area contributed by atoms with Gasteiger partial charge in [0.05, 0.1) is 10.8 Å². The Morgan fingerprint density at radius 3 is 1.46 bits per heavy atom. The van der Waals surface area contributed by atoms with Crippen LogP contribution in [0.25, 0.3) is 33.4 Å². The van der Waals surface area contributed by atoms with Gasteiger partial charge in [0, 0.05) is 28.4 Å². The van der Waals surface area contributed by atoms with Crippen molar-refractivity contribution in [1.82, 2.24) is 0 Å². The largest absolute Gasteiger partial charge is 0.310 e. The van der Waals surface area contributed by atoms with Crippen LogP contribution in [0, 0.1) is 11.8 Å². The number of nitrogens with zero attached hydrogens (tertiary/aromatic N) is 1. The molecule has 0 radical (unpaired) electrons. The number of hydrogen-bond donors (Lipinski definition) is 0. The summed E-state index contributed by atoms with van der Waals surface area (Å²) in [6, 6.07) is 82.7. The molecule has 0 aliphatic heterocycles. The zero-order valence-electron chi connectivity index (χ0n) is 38.2. The van der Waals surface area contributed by atoms with Crippen LogP contribution >= 0.6 is 0 Å². The van der Waals surface area contributed by atoms with Gasteiger partial charge in [0.15, 0.2) is 0 Å². The molecule has 0 aromatic heterocycles. The normalized spacial score (nSPS) is 19.4. The van der Waals surface area contributed by atoms with Crippen LogP contribution in [0.15, 0.2) is 243 Å². The van der Waals surface area contributed by atoms with Crippen molar-refractivity contribution in [3.8, 4) is 33.4 Å². The number of rotatable bonds is 7. The quantitative estimate of drug-likeness (QED) is 0.154. The molecule has 4 aliphatic rings. The van der Waals surface area contributed by atoms with E-state index in [1.54, 1.807) is 0 Å². The van der Waals surface area contributed by atoms with Gasteiger partial charge in [-0.1, -0.05) is 227 Å². The van der Waals surface area contributed by atoms with Gasteiger partial charge in [-0.3, -0.25) is 0 Å². The maximum Gasteiger partial charge on any atom is 0.0713 e. The fraction of sp³-hybridized carbons (Fsp3) is 0.121. The summed E-state index contributed by atoms with van der Waals surface area (Å²) in [6.07, 6.45) is 9.37. The van der Waals surface area contributed by atoms with Crippen LogP contribution < -0.4 is 4.90 Å². The van der Waals surface area contributed by atoms with Gasteiger partial charge in [-0.15, -0.1) is 0 Å². The molecule has 320 valence electrons. The van der Waals surface area contributed by atoms with E-state index in [4.69, 9.17) is 0 Å². The zero-order chi connectivity index (χ0) is 44.9. The summed E-state index contributed by atoms with van der Waals surface area (Å²) in [5.41, 5.74) is 22.2. The highest BCUT2D eigenvalue weighted by molar-refractivity contribution is 5.90. The van der Waals surface area contributed by atoms with Crippen molar-refractivity contribution < 1.29 is 0 Å². The number of allylic oxidation sites excluding steroid dienone is 4. The predicted molar refractivity (Wildman–Crippen MR) is 279 cm³/mol. The molecule has 3 unspecified atom stereocenters. The van der Waals surface area contributed by atoms with Crippen molar-refractivity contribution in [2.45, 2.75) is 37.0 Å². The number of benzene rings is 9. The molecule has 0 saturated heterocycles. The van der Waals surface area contributed by atoms with E-state index in [9.17, 15) is 0 Å². The van der Waals surface area contributed by atoms with E-state index >= 15 is 0 Å². The molecule has 67 heavy (non-hydrogen) atoms. The predicted octanol–water partition coefficient (Wildman–Crippen LogP) is 16.5. The Kier molecular flexibility index (Phi) is 8.80. The third-order valence-electron chi connectivity index (χ3n) is 16.0. The molecule has 9 aromatic rings. The van der Waals surface area contributed by atoms with E-state index in [2.05, 4.69) is 268 Å². The van der Waals surface area contributed by atoms with Crippen LogP contribution in [-0.2, 0) is 16.2 Å². The molecule has 1 heteroatoms. The molecule has 0 bridgehead atoms. The lowest BCUT2D eigenvalue weighted by atomic mass is 9.59. The molecule has 0 spiro atoms. The van der Waals surface area contributed by atoms with Crippen molar-refractivity contribution in [2.75, 3.05) is 4.90 Å². The Labute approximate surface area is 395 Å². The smallest absolute Gasteiger partial charge is 0.0713 e. The number of para-hydroxylation sites is 1. The highest BCUT2D eigenvalue weighted by atomic mass is 15.1. The van der Waals surface area contributed by atoms with Gasteiger partial charge in [0.25, 0.3) is 0 Å². The van der Waals surface area contributed by atoms with Gasteiger partial charge in [-0.2, -0.15) is 0 Å². The van der Waals surface area contributed by atoms with Crippen LogP contribution in [-0.4, -0.2) is 0 Å². The van der Waals surface area contributed by atoms with E-state index in [0.29, 0.717) is 5.92 Å². The standard InChI is InChI=1S/C66H51N/c1-44-20-10-15-29-57(44)66(45-21-6-4-7-22-45)61-33-19-14-28-54(61)56-40-36-47(42-63(56)66)65(59-31-17-12-26-52(59)53-27-13-18-32-60(53)65)46-34-37-49(38-35-46)67(48-23-8-5-9-24-48)50-39-41-55-51-25-11-16-30-58(51)64(2,3)62(55)43-50/h4-44,57H,1-3H3. The molecule has 4 aliphatic carbocycles. The van der Waals surface area contributed by atoms with Gasteiger partial charge in [0.2, 0.25) is 0 Å². The molecule has 0 amide bonds. The second-order valence-corrected chi connectivity index (χ2v) is 19.6. The topological polar surface area (TPSA) is 3.24 Å².